The molecule has 0 aromatic rings. The fourth-order valence-corrected chi connectivity index (χ4v) is 3.79. The van der Waals surface area contributed by atoms with Gasteiger partial charge in [0.05, 0.1) is 13.2 Å². The van der Waals surface area contributed by atoms with Gasteiger partial charge in [-0.3, -0.25) is 4.90 Å². The largest absolute Gasteiger partial charge is 0.394 e. The molecule has 0 aromatic carbocycles. The predicted molar refractivity (Wildman–Crippen MR) is 86.6 cm³/mol. The monoisotopic (exact) mass is 298 g/mol. The van der Waals surface area contributed by atoms with Crippen LogP contribution in [0.5, 0.6) is 0 Å². The molecule has 0 aromatic heterocycles. The zero-order valence-corrected chi connectivity index (χ0v) is 14.1. The Morgan fingerprint density at radius 2 is 2.14 bits per heavy atom. The molecule has 3 atom stereocenters. The van der Waals surface area contributed by atoms with Gasteiger partial charge in [-0.1, -0.05) is 6.92 Å². The van der Waals surface area contributed by atoms with Gasteiger partial charge in [0.15, 0.2) is 0 Å². The highest BCUT2D eigenvalue weighted by Crippen LogP contribution is 2.35. The summed E-state index contributed by atoms with van der Waals surface area (Å²) in [6.07, 6.45) is 8.40. The number of nitrogens with one attached hydrogen (secondary N) is 1. The van der Waals surface area contributed by atoms with Crippen LogP contribution in [0.25, 0.3) is 0 Å². The maximum atomic E-state index is 9.98. The zero-order valence-electron chi connectivity index (χ0n) is 14.1. The Hall–Kier alpha value is -0.160. The standard InChI is InChI=1S/C17H34N2O2/c1-4-14(2)19(10-11-21-3)16-6-5-9-17(12-16,13-20)18-15-7-8-15/h14-16,18,20H,4-13H2,1-3H3. The van der Waals surface area contributed by atoms with Crippen molar-refractivity contribution in [3.63, 3.8) is 0 Å². The summed E-state index contributed by atoms with van der Waals surface area (Å²) in [5, 5.41) is 13.7. The van der Waals surface area contributed by atoms with Crippen molar-refractivity contribution in [3.05, 3.63) is 0 Å². The van der Waals surface area contributed by atoms with E-state index in [1.54, 1.807) is 7.11 Å². The topological polar surface area (TPSA) is 44.7 Å². The fraction of sp³-hybridized carbons (Fsp3) is 1.00. The third kappa shape index (κ3) is 4.65. The number of methoxy groups -OCH3 is 1. The summed E-state index contributed by atoms with van der Waals surface area (Å²) in [7, 11) is 1.78. The van der Waals surface area contributed by atoms with Crippen molar-refractivity contribution in [1.82, 2.24) is 10.2 Å². The van der Waals surface area contributed by atoms with Crippen molar-refractivity contribution in [1.29, 1.82) is 0 Å². The van der Waals surface area contributed by atoms with Gasteiger partial charge in [0.25, 0.3) is 0 Å². The van der Waals surface area contributed by atoms with Gasteiger partial charge in [-0.15, -0.1) is 0 Å². The predicted octanol–water partition coefficient (Wildman–Crippen LogP) is 2.16. The Bertz CT molecular complexity index is 309. The molecule has 2 N–H and O–H groups in total. The first-order valence-electron chi connectivity index (χ1n) is 8.77. The van der Waals surface area contributed by atoms with Crippen LogP contribution in [0.15, 0.2) is 0 Å². The van der Waals surface area contributed by atoms with Crippen LogP contribution in [-0.2, 0) is 4.74 Å². The maximum Gasteiger partial charge on any atom is 0.0613 e. The van der Waals surface area contributed by atoms with Crippen molar-refractivity contribution >= 4 is 0 Å². The normalized spacial score (nSPS) is 31.6. The lowest BCUT2D eigenvalue weighted by Gasteiger charge is -2.46. The lowest BCUT2D eigenvalue weighted by atomic mass is 9.78. The molecule has 124 valence electrons. The Kier molecular flexibility index (Phi) is 6.48. The van der Waals surface area contributed by atoms with Crippen LogP contribution < -0.4 is 5.32 Å². The van der Waals surface area contributed by atoms with E-state index in [1.165, 1.54) is 32.1 Å². The lowest BCUT2D eigenvalue weighted by Crippen LogP contribution is -2.57. The molecule has 2 rings (SSSR count). The van der Waals surface area contributed by atoms with Gasteiger partial charge in [0.2, 0.25) is 0 Å². The summed E-state index contributed by atoms with van der Waals surface area (Å²) in [4.78, 5) is 2.61. The van der Waals surface area contributed by atoms with Gasteiger partial charge in [0, 0.05) is 37.3 Å². The van der Waals surface area contributed by atoms with Gasteiger partial charge in [-0.2, -0.15) is 0 Å². The molecule has 0 saturated heterocycles. The summed E-state index contributed by atoms with van der Waals surface area (Å²) >= 11 is 0. The first-order valence-corrected chi connectivity index (χ1v) is 8.77. The highest BCUT2D eigenvalue weighted by atomic mass is 16.5. The van der Waals surface area contributed by atoms with E-state index < -0.39 is 0 Å². The van der Waals surface area contributed by atoms with Crippen LogP contribution in [0.3, 0.4) is 0 Å². The quantitative estimate of drug-likeness (QED) is 0.685. The molecule has 4 nitrogen and oxygen atoms in total. The third-order valence-corrected chi connectivity index (χ3v) is 5.39. The van der Waals surface area contributed by atoms with Gasteiger partial charge in [-0.25, -0.2) is 0 Å². The first kappa shape index (κ1) is 17.2. The molecule has 2 fully saturated rings. The smallest absolute Gasteiger partial charge is 0.0613 e. The number of aliphatic hydroxyl groups excluding tert-OH is 1. The summed E-state index contributed by atoms with van der Waals surface area (Å²) < 4.78 is 5.30. The zero-order chi connectivity index (χ0) is 15.3. The summed E-state index contributed by atoms with van der Waals surface area (Å²) in [6, 6.07) is 1.81. The third-order valence-electron chi connectivity index (χ3n) is 5.39. The molecule has 0 radical (unpaired) electrons. The fourth-order valence-electron chi connectivity index (χ4n) is 3.79. The van der Waals surface area contributed by atoms with Crippen LogP contribution in [-0.4, -0.2) is 60.5 Å². The molecule has 0 aliphatic heterocycles. The van der Waals surface area contributed by atoms with Crippen molar-refractivity contribution in [3.8, 4) is 0 Å². The van der Waals surface area contributed by atoms with Crippen LogP contribution in [0.4, 0.5) is 0 Å². The van der Waals surface area contributed by atoms with E-state index in [4.69, 9.17) is 4.74 Å². The van der Waals surface area contributed by atoms with Crippen LogP contribution in [0, 0.1) is 0 Å². The summed E-state index contributed by atoms with van der Waals surface area (Å²) in [6.45, 7) is 6.65. The van der Waals surface area contributed by atoms with Crippen LogP contribution in [0.1, 0.15) is 58.8 Å². The average molecular weight is 298 g/mol. The maximum absolute atomic E-state index is 9.98. The van der Waals surface area contributed by atoms with Crippen molar-refractivity contribution < 1.29 is 9.84 Å². The van der Waals surface area contributed by atoms with Crippen molar-refractivity contribution in [2.24, 2.45) is 0 Å². The molecule has 2 saturated carbocycles. The highest BCUT2D eigenvalue weighted by Gasteiger charge is 2.41. The highest BCUT2D eigenvalue weighted by molar-refractivity contribution is 5.01. The molecule has 3 unspecified atom stereocenters. The van der Waals surface area contributed by atoms with E-state index >= 15 is 0 Å². The molecule has 21 heavy (non-hydrogen) atoms. The van der Waals surface area contributed by atoms with Gasteiger partial charge < -0.3 is 15.2 Å². The molecular weight excluding hydrogens is 264 g/mol. The molecule has 0 amide bonds. The minimum atomic E-state index is -0.0388. The van der Waals surface area contributed by atoms with Gasteiger partial charge in [0.1, 0.15) is 0 Å². The second kappa shape index (κ2) is 7.91. The number of rotatable bonds is 9. The molecule has 4 heteroatoms. The minimum Gasteiger partial charge on any atom is -0.394 e. The molecule has 2 aliphatic carbocycles. The number of nitrogens with zero attached hydrogens (tertiary/aromatic N) is 1. The molecule has 0 heterocycles. The van der Waals surface area contributed by atoms with E-state index in [9.17, 15) is 5.11 Å². The summed E-state index contributed by atoms with van der Waals surface area (Å²) in [5.41, 5.74) is -0.0388. The minimum absolute atomic E-state index is 0.0388. The molecular formula is C17H34N2O2. The lowest BCUT2D eigenvalue weighted by molar-refractivity contribution is 0.0258. The van der Waals surface area contributed by atoms with E-state index in [0.717, 1.165) is 26.0 Å². The van der Waals surface area contributed by atoms with Crippen LogP contribution >= 0.6 is 0 Å². The Balaban J connectivity index is 2.01. The Labute approximate surface area is 130 Å². The number of hydrogen-bond acceptors (Lipinski definition) is 4. The number of aliphatic hydroxyl groups is 1. The van der Waals surface area contributed by atoms with E-state index in [0.29, 0.717) is 18.1 Å². The first-order chi connectivity index (χ1) is 10.1. The SMILES string of the molecule is CCC(C)N(CCOC)C1CCCC(CO)(NC2CC2)C1. The molecule has 0 bridgehead atoms. The molecule has 0 spiro atoms. The number of ether oxygens (including phenoxy) is 1. The van der Waals surface area contributed by atoms with E-state index in [1.807, 2.05) is 0 Å². The average Bonchev–Trinajstić information content (AvgIpc) is 3.31. The molecule has 2 aliphatic rings. The second-order valence-corrected chi connectivity index (χ2v) is 7.10. The Morgan fingerprint density at radius 1 is 1.38 bits per heavy atom. The Morgan fingerprint density at radius 3 is 2.71 bits per heavy atom. The van der Waals surface area contributed by atoms with E-state index in [-0.39, 0.29) is 12.1 Å². The van der Waals surface area contributed by atoms with E-state index in [2.05, 4.69) is 24.1 Å². The van der Waals surface area contributed by atoms with Crippen molar-refractivity contribution in [2.45, 2.75) is 82.5 Å². The van der Waals surface area contributed by atoms with Gasteiger partial charge in [-0.05, 0) is 51.9 Å². The van der Waals surface area contributed by atoms with Crippen molar-refractivity contribution in [2.75, 3.05) is 26.9 Å². The summed E-state index contributed by atoms with van der Waals surface area (Å²) in [5.74, 6) is 0. The second-order valence-electron chi connectivity index (χ2n) is 7.10. The van der Waals surface area contributed by atoms with Crippen LogP contribution in [0.2, 0.25) is 0 Å². The van der Waals surface area contributed by atoms with Gasteiger partial charge >= 0.3 is 0 Å². The number of hydrogen-bond donors (Lipinski definition) is 2.